The molecular formula is C16H22N4O2. The monoisotopic (exact) mass is 302 g/mol. The predicted molar refractivity (Wildman–Crippen MR) is 83.8 cm³/mol. The van der Waals surface area contributed by atoms with Crippen LogP contribution in [0.2, 0.25) is 0 Å². The van der Waals surface area contributed by atoms with E-state index < -0.39 is 0 Å². The highest BCUT2D eigenvalue weighted by Crippen LogP contribution is 2.21. The van der Waals surface area contributed by atoms with E-state index in [0.717, 1.165) is 5.69 Å². The van der Waals surface area contributed by atoms with Crippen LogP contribution in [0, 0.1) is 5.41 Å². The van der Waals surface area contributed by atoms with Gasteiger partial charge < -0.3 is 10.4 Å². The Hall–Kier alpha value is -2.21. The van der Waals surface area contributed by atoms with Crippen molar-refractivity contribution in [2.24, 2.45) is 5.41 Å². The average molecular weight is 302 g/mol. The lowest BCUT2D eigenvalue weighted by Crippen LogP contribution is -2.35. The summed E-state index contributed by atoms with van der Waals surface area (Å²) in [7, 11) is 0. The Morgan fingerprint density at radius 1 is 1.36 bits per heavy atom. The molecular weight excluding hydrogens is 280 g/mol. The topological polar surface area (TPSA) is 80.0 Å². The standard InChI is InChI=1S/C16H22N4O2/c1-12(21)8-16(2,3)9-18-15(22)13-4-6-14(7-5-13)20-11-17-10-19-20/h4-7,10-12,21H,8-9H2,1-3H3,(H,18,22). The Bertz CT molecular complexity index is 604. The first-order valence-electron chi connectivity index (χ1n) is 7.29. The molecule has 2 aromatic rings. The highest BCUT2D eigenvalue weighted by atomic mass is 16.3. The third-order valence-corrected chi connectivity index (χ3v) is 3.39. The van der Waals surface area contributed by atoms with Crippen molar-refractivity contribution in [3.8, 4) is 5.69 Å². The second-order valence-electron chi connectivity index (χ2n) is 6.29. The van der Waals surface area contributed by atoms with E-state index in [1.165, 1.54) is 6.33 Å². The first-order valence-corrected chi connectivity index (χ1v) is 7.29. The first kappa shape index (κ1) is 16.2. The van der Waals surface area contributed by atoms with E-state index in [0.29, 0.717) is 18.5 Å². The molecule has 1 aromatic heterocycles. The molecule has 1 heterocycles. The molecule has 1 amide bonds. The van der Waals surface area contributed by atoms with Crippen LogP contribution in [-0.2, 0) is 0 Å². The number of amides is 1. The summed E-state index contributed by atoms with van der Waals surface area (Å²) in [6.07, 6.45) is 3.32. The molecule has 0 radical (unpaired) electrons. The van der Waals surface area contributed by atoms with Gasteiger partial charge in [-0.05, 0) is 43.0 Å². The fourth-order valence-corrected chi connectivity index (χ4v) is 2.40. The second-order valence-corrected chi connectivity index (χ2v) is 6.29. The van der Waals surface area contributed by atoms with E-state index in [9.17, 15) is 9.90 Å². The molecule has 2 N–H and O–H groups in total. The van der Waals surface area contributed by atoms with Gasteiger partial charge in [0.1, 0.15) is 12.7 Å². The molecule has 1 atom stereocenters. The molecule has 6 heteroatoms. The van der Waals surface area contributed by atoms with Crippen molar-refractivity contribution in [3.05, 3.63) is 42.5 Å². The third kappa shape index (κ3) is 4.39. The van der Waals surface area contributed by atoms with Crippen LogP contribution in [0.1, 0.15) is 37.6 Å². The van der Waals surface area contributed by atoms with E-state index in [-0.39, 0.29) is 17.4 Å². The molecule has 1 aromatic carbocycles. The SMILES string of the molecule is CC(O)CC(C)(C)CNC(=O)c1ccc(-n2cncn2)cc1. The zero-order valence-corrected chi connectivity index (χ0v) is 13.2. The highest BCUT2D eigenvalue weighted by molar-refractivity contribution is 5.94. The van der Waals surface area contributed by atoms with Gasteiger partial charge in [-0.2, -0.15) is 5.10 Å². The summed E-state index contributed by atoms with van der Waals surface area (Å²) in [5, 5.41) is 16.4. The number of aromatic nitrogens is 3. The number of nitrogens with one attached hydrogen (secondary N) is 1. The van der Waals surface area contributed by atoms with Gasteiger partial charge in [-0.1, -0.05) is 13.8 Å². The number of hydrogen-bond donors (Lipinski definition) is 2. The second kappa shape index (κ2) is 6.70. The summed E-state index contributed by atoms with van der Waals surface area (Å²) in [5.74, 6) is -0.121. The number of benzene rings is 1. The molecule has 0 spiro atoms. The van der Waals surface area contributed by atoms with Crippen LogP contribution in [0.5, 0.6) is 0 Å². The molecule has 0 saturated heterocycles. The zero-order chi connectivity index (χ0) is 16.2. The molecule has 1 unspecified atom stereocenters. The summed E-state index contributed by atoms with van der Waals surface area (Å²) >= 11 is 0. The van der Waals surface area contributed by atoms with Gasteiger partial charge in [0.25, 0.3) is 5.91 Å². The normalized spacial score (nSPS) is 12.9. The van der Waals surface area contributed by atoms with E-state index in [1.807, 2.05) is 26.0 Å². The number of aliphatic hydroxyl groups is 1. The summed E-state index contributed by atoms with van der Waals surface area (Å²) in [4.78, 5) is 16.1. The van der Waals surface area contributed by atoms with Gasteiger partial charge >= 0.3 is 0 Å². The van der Waals surface area contributed by atoms with E-state index in [2.05, 4.69) is 15.4 Å². The number of carbonyl (C=O) groups is 1. The summed E-state index contributed by atoms with van der Waals surface area (Å²) < 4.78 is 1.63. The Morgan fingerprint density at radius 3 is 2.59 bits per heavy atom. The maximum absolute atomic E-state index is 12.2. The van der Waals surface area contributed by atoms with Crippen LogP contribution in [0.3, 0.4) is 0 Å². The van der Waals surface area contributed by atoms with Crippen LogP contribution in [-0.4, -0.2) is 38.4 Å². The Labute approximate surface area is 130 Å². The van der Waals surface area contributed by atoms with Gasteiger partial charge in [-0.3, -0.25) is 4.79 Å². The molecule has 0 aliphatic rings. The van der Waals surface area contributed by atoms with Crippen molar-refractivity contribution >= 4 is 5.91 Å². The summed E-state index contributed by atoms with van der Waals surface area (Å²) in [5.41, 5.74) is 1.30. The molecule has 2 rings (SSSR count). The van der Waals surface area contributed by atoms with E-state index in [4.69, 9.17) is 0 Å². The van der Waals surface area contributed by atoms with Crippen molar-refractivity contribution in [2.75, 3.05) is 6.54 Å². The van der Waals surface area contributed by atoms with Crippen molar-refractivity contribution in [3.63, 3.8) is 0 Å². The van der Waals surface area contributed by atoms with Gasteiger partial charge in [-0.25, -0.2) is 9.67 Å². The lowest BCUT2D eigenvalue weighted by atomic mass is 9.87. The zero-order valence-electron chi connectivity index (χ0n) is 13.2. The number of carbonyl (C=O) groups excluding carboxylic acids is 1. The molecule has 6 nitrogen and oxygen atoms in total. The van der Waals surface area contributed by atoms with Crippen molar-refractivity contribution < 1.29 is 9.90 Å². The Morgan fingerprint density at radius 2 is 2.05 bits per heavy atom. The maximum Gasteiger partial charge on any atom is 0.251 e. The Balaban J connectivity index is 1.96. The highest BCUT2D eigenvalue weighted by Gasteiger charge is 2.21. The number of aliphatic hydroxyl groups excluding tert-OH is 1. The lowest BCUT2D eigenvalue weighted by Gasteiger charge is -2.26. The molecule has 0 fully saturated rings. The molecule has 0 aliphatic heterocycles. The van der Waals surface area contributed by atoms with Gasteiger partial charge in [0.05, 0.1) is 11.8 Å². The molecule has 0 aliphatic carbocycles. The maximum atomic E-state index is 12.2. The first-order chi connectivity index (χ1) is 10.4. The molecule has 22 heavy (non-hydrogen) atoms. The van der Waals surface area contributed by atoms with Crippen LogP contribution in [0.4, 0.5) is 0 Å². The van der Waals surface area contributed by atoms with Gasteiger partial charge in [0.2, 0.25) is 0 Å². The number of rotatable bonds is 6. The smallest absolute Gasteiger partial charge is 0.251 e. The summed E-state index contributed by atoms with van der Waals surface area (Å²) in [6.45, 7) is 6.32. The Kier molecular flexibility index (Phi) is 4.92. The van der Waals surface area contributed by atoms with Crippen molar-refractivity contribution in [1.82, 2.24) is 20.1 Å². The average Bonchev–Trinajstić information content (AvgIpc) is 2.98. The van der Waals surface area contributed by atoms with Gasteiger partial charge in [0, 0.05) is 12.1 Å². The van der Waals surface area contributed by atoms with Crippen molar-refractivity contribution in [2.45, 2.75) is 33.3 Å². The molecule has 118 valence electrons. The van der Waals surface area contributed by atoms with Crippen LogP contribution in [0.25, 0.3) is 5.69 Å². The quantitative estimate of drug-likeness (QED) is 0.852. The fraction of sp³-hybridized carbons (Fsp3) is 0.438. The lowest BCUT2D eigenvalue weighted by molar-refractivity contribution is 0.0902. The largest absolute Gasteiger partial charge is 0.393 e. The van der Waals surface area contributed by atoms with E-state index >= 15 is 0 Å². The third-order valence-electron chi connectivity index (χ3n) is 3.39. The number of hydrogen-bond acceptors (Lipinski definition) is 4. The minimum Gasteiger partial charge on any atom is -0.393 e. The minimum atomic E-state index is -0.381. The molecule has 0 bridgehead atoms. The summed E-state index contributed by atoms with van der Waals surface area (Å²) in [6, 6.07) is 7.16. The van der Waals surface area contributed by atoms with Gasteiger partial charge in [0.15, 0.2) is 0 Å². The minimum absolute atomic E-state index is 0.121. The fourth-order valence-electron chi connectivity index (χ4n) is 2.40. The van der Waals surface area contributed by atoms with E-state index in [1.54, 1.807) is 30.1 Å². The van der Waals surface area contributed by atoms with Crippen LogP contribution < -0.4 is 5.32 Å². The predicted octanol–water partition coefficient (Wildman–Crippen LogP) is 1.79. The van der Waals surface area contributed by atoms with Crippen LogP contribution in [0.15, 0.2) is 36.9 Å². The van der Waals surface area contributed by atoms with Crippen molar-refractivity contribution in [1.29, 1.82) is 0 Å². The van der Waals surface area contributed by atoms with Crippen LogP contribution >= 0.6 is 0 Å². The molecule has 0 saturated carbocycles. The van der Waals surface area contributed by atoms with Gasteiger partial charge in [-0.15, -0.1) is 0 Å². The number of nitrogens with zero attached hydrogens (tertiary/aromatic N) is 3.